The molecule has 2 nitrogen and oxygen atoms in total. The molecule has 0 N–H and O–H groups in total. The van der Waals surface area contributed by atoms with Crippen molar-refractivity contribution in [3.05, 3.63) is 0 Å². The van der Waals surface area contributed by atoms with E-state index in [4.69, 9.17) is 4.74 Å². The Balaban J connectivity index is 2.17. The fraction of sp³-hybridized carbons (Fsp3) is 0.900. The largest absolute Gasteiger partial charge is 0.469 e. The second-order valence-corrected chi connectivity index (χ2v) is 8.39. The van der Waals surface area contributed by atoms with E-state index in [0.717, 1.165) is 25.0 Å². The Morgan fingerprint density at radius 3 is 3.00 bits per heavy atom. The molecule has 0 saturated carbocycles. The highest BCUT2D eigenvalue weighted by Gasteiger charge is 2.49. The van der Waals surface area contributed by atoms with Crippen molar-refractivity contribution in [3.8, 4) is 0 Å². The van der Waals surface area contributed by atoms with Crippen LogP contribution in [0.15, 0.2) is 0 Å². The van der Waals surface area contributed by atoms with Gasteiger partial charge in [0.15, 0.2) is 0 Å². The zero-order valence-corrected chi connectivity index (χ0v) is 11.5. The fourth-order valence-corrected chi connectivity index (χ4v) is 7.23. The minimum Gasteiger partial charge on any atom is -0.469 e. The van der Waals surface area contributed by atoms with Gasteiger partial charge in [0.05, 0.1) is 21.7 Å². The Morgan fingerprint density at radius 2 is 2.33 bits per heavy atom. The van der Waals surface area contributed by atoms with Gasteiger partial charge in [-0.15, -0.1) is 23.5 Å². The molecule has 2 bridgehead atoms. The predicted molar refractivity (Wildman–Crippen MR) is 69.4 cm³/mol. The summed E-state index contributed by atoms with van der Waals surface area (Å²) in [7, 11) is 1.52. The standard InChI is InChI=1S/C10H16O2S3/c1-12-9(11)10-3-4-14-8(6-10)15-7(5-10)13-2/h7-8H,3-6H2,1-2H3. The Hall–Kier alpha value is 0.520. The van der Waals surface area contributed by atoms with Crippen molar-refractivity contribution in [1.82, 2.24) is 0 Å². The lowest BCUT2D eigenvalue weighted by atomic mass is 9.79. The van der Waals surface area contributed by atoms with Crippen LogP contribution in [-0.4, -0.2) is 34.3 Å². The first-order valence-corrected chi connectivity index (χ1v) is 8.36. The van der Waals surface area contributed by atoms with E-state index in [9.17, 15) is 4.79 Å². The van der Waals surface area contributed by atoms with E-state index in [-0.39, 0.29) is 11.4 Å². The number of rotatable bonds is 2. The third-order valence-electron chi connectivity index (χ3n) is 3.18. The van der Waals surface area contributed by atoms with Crippen LogP contribution in [0.2, 0.25) is 0 Å². The maximum Gasteiger partial charge on any atom is 0.311 e. The molecule has 5 heteroatoms. The third kappa shape index (κ3) is 2.29. The normalized spacial score (nSPS) is 39.9. The number of ether oxygens (including phenoxy) is 1. The summed E-state index contributed by atoms with van der Waals surface area (Å²) in [5, 5.41) is 0. The molecule has 0 spiro atoms. The minimum atomic E-state index is -0.163. The van der Waals surface area contributed by atoms with Crippen LogP contribution in [0.1, 0.15) is 19.3 Å². The van der Waals surface area contributed by atoms with Gasteiger partial charge >= 0.3 is 5.97 Å². The van der Waals surface area contributed by atoms with E-state index in [2.05, 4.69) is 6.26 Å². The summed E-state index contributed by atoms with van der Waals surface area (Å²) in [6, 6.07) is 0. The number of carbonyl (C=O) groups excluding carboxylic acids is 1. The molecule has 0 aromatic heterocycles. The topological polar surface area (TPSA) is 26.3 Å². The van der Waals surface area contributed by atoms with Gasteiger partial charge in [0.1, 0.15) is 0 Å². The van der Waals surface area contributed by atoms with E-state index in [0.29, 0.717) is 9.16 Å². The molecular weight excluding hydrogens is 248 g/mol. The first-order chi connectivity index (χ1) is 7.20. The van der Waals surface area contributed by atoms with Crippen LogP contribution in [0, 0.1) is 5.41 Å². The van der Waals surface area contributed by atoms with Crippen LogP contribution >= 0.6 is 35.3 Å². The van der Waals surface area contributed by atoms with Crippen molar-refractivity contribution < 1.29 is 9.53 Å². The number of methoxy groups -OCH3 is 1. The van der Waals surface area contributed by atoms with E-state index in [1.165, 1.54) is 7.11 Å². The summed E-state index contributed by atoms with van der Waals surface area (Å²) >= 11 is 5.91. The maximum atomic E-state index is 11.9. The van der Waals surface area contributed by atoms with E-state index >= 15 is 0 Å². The molecular formula is C10H16O2S3. The van der Waals surface area contributed by atoms with Crippen molar-refractivity contribution in [2.45, 2.75) is 28.4 Å². The molecule has 0 radical (unpaired) electrons. The highest BCUT2D eigenvalue weighted by atomic mass is 32.2. The Bertz CT molecular complexity index is 259. The van der Waals surface area contributed by atoms with Crippen LogP contribution in [0.4, 0.5) is 0 Å². The lowest BCUT2D eigenvalue weighted by Gasteiger charge is -2.44. The van der Waals surface area contributed by atoms with Gasteiger partial charge in [-0.3, -0.25) is 4.79 Å². The fourth-order valence-electron chi connectivity index (χ4n) is 2.30. The van der Waals surface area contributed by atoms with Crippen molar-refractivity contribution in [1.29, 1.82) is 0 Å². The summed E-state index contributed by atoms with van der Waals surface area (Å²) in [6.07, 6.45) is 5.13. The van der Waals surface area contributed by atoms with Gasteiger partial charge in [-0.1, -0.05) is 0 Å². The average molecular weight is 264 g/mol. The van der Waals surface area contributed by atoms with Crippen molar-refractivity contribution in [2.75, 3.05) is 19.1 Å². The number of esters is 1. The van der Waals surface area contributed by atoms with Crippen LogP contribution in [0.3, 0.4) is 0 Å². The second-order valence-electron chi connectivity index (χ2n) is 4.03. The molecule has 2 aliphatic heterocycles. The summed E-state index contributed by atoms with van der Waals surface area (Å²) in [5.74, 6) is 1.13. The lowest BCUT2D eigenvalue weighted by molar-refractivity contribution is -0.153. The van der Waals surface area contributed by atoms with Gasteiger partial charge < -0.3 is 4.74 Å². The first-order valence-electron chi connectivity index (χ1n) is 5.08. The number of hydrogen-bond acceptors (Lipinski definition) is 5. The van der Waals surface area contributed by atoms with Crippen LogP contribution in [0.5, 0.6) is 0 Å². The maximum absolute atomic E-state index is 11.9. The van der Waals surface area contributed by atoms with Gasteiger partial charge in [-0.05, 0) is 31.3 Å². The molecule has 2 rings (SSSR count). The van der Waals surface area contributed by atoms with Gasteiger partial charge in [0.2, 0.25) is 0 Å². The molecule has 0 aromatic carbocycles. The second kappa shape index (κ2) is 4.80. The van der Waals surface area contributed by atoms with Crippen molar-refractivity contribution in [2.24, 2.45) is 5.41 Å². The first kappa shape index (κ1) is 12.0. The van der Waals surface area contributed by atoms with Crippen LogP contribution < -0.4 is 0 Å². The molecule has 2 aliphatic rings. The molecule has 3 unspecified atom stereocenters. The number of fused-ring (bicyclic) bond motifs is 2. The zero-order chi connectivity index (χ0) is 10.9. The SMILES string of the molecule is COC(=O)C12CCSC(C1)SC(SC)C2. The van der Waals surface area contributed by atoms with Crippen molar-refractivity contribution in [3.63, 3.8) is 0 Å². The number of carbonyl (C=O) groups is 1. The number of thioether (sulfide) groups is 3. The lowest BCUT2D eigenvalue weighted by Crippen LogP contribution is -2.43. The molecule has 0 aromatic rings. The average Bonchev–Trinajstić information content (AvgIpc) is 2.27. The number of hydrogen-bond donors (Lipinski definition) is 0. The van der Waals surface area contributed by atoms with Gasteiger partial charge in [0.25, 0.3) is 0 Å². The van der Waals surface area contributed by atoms with E-state index < -0.39 is 0 Å². The summed E-state index contributed by atoms with van der Waals surface area (Å²) in [5.41, 5.74) is -0.163. The smallest absolute Gasteiger partial charge is 0.311 e. The molecule has 0 amide bonds. The highest BCUT2D eigenvalue weighted by Crippen LogP contribution is 2.55. The predicted octanol–water partition coefficient (Wildman–Crippen LogP) is 2.82. The Labute approximate surface area is 104 Å². The van der Waals surface area contributed by atoms with E-state index in [1.807, 2.05) is 35.3 Å². The third-order valence-corrected chi connectivity index (χ3v) is 7.45. The van der Waals surface area contributed by atoms with Crippen molar-refractivity contribution >= 4 is 41.3 Å². The molecule has 3 atom stereocenters. The summed E-state index contributed by atoms with van der Waals surface area (Å²) in [4.78, 5) is 11.9. The monoisotopic (exact) mass is 264 g/mol. The molecule has 86 valence electrons. The summed E-state index contributed by atoms with van der Waals surface area (Å²) in [6.45, 7) is 0. The van der Waals surface area contributed by atoms with Gasteiger partial charge in [0, 0.05) is 0 Å². The Kier molecular flexibility index (Phi) is 3.83. The van der Waals surface area contributed by atoms with E-state index in [1.54, 1.807) is 0 Å². The summed E-state index contributed by atoms with van der Waals surface area (Å²) < 4.78 is 6.16. The Morgan fingerprint density at radius 1 is 1.53 bits per heavy atom. The van der Waals surface area contributed by atoms with Gasteiger partial charge in [-0.25, -0.2) is 0 Å². The molecule has 15 heavy (non-hydrogen) atoms. The van der Waals surface area contributed by atoms with Crippen LogP contribution in [0.25, 0.3) is 0 Å². The highest BCUT2D eigenvalue weighted by molar-refractivity contribution is 8.24. The molecule has 2 saturated heterocycles. The molecule has 2 fully saturated rings. The molecule has 2 heterocycles. The quantitative estimate of drug-likeness (QED) is 0.715. The minimum absolute atomic E-state index is 0.0205. The van der Waals surface area contributed by atoms with Gasteiger partial charge in [-0.2, -0.15) is 11.8 Å². The van der Waals surface area contributed by atoms with Crippen LogP contribution in [-0.2, 0) is 9.53 Å². The molecule has 0 aliphatic carbocycles. The zero-order valence-electron chi connectivity index (χ0n) is 9.02.